The quantitative estimate of drug-likeness (QED) is 0.865. The molecule has 1 amide bonds. The van der Waals surface area contributed by atoms with Gasteiger partial charge in [0.15, 0.2) is 0 Å². The third-order valence-corrected chi connectivity index (χ3v) is 5.23. The third kappa shape index (κ3) is 4.38. The Kier molecular flexibility index (Phi) is 5.39. The molecule has 1 fully saturated rings. The van der Waals surface area contributed by atoms with Gasteiger partial charge in [-0.3, -0.25) is 4.79 Å². The molecule has 0 radical (unpaired) electrons. The first-order valence-electron chi connectivity index (χ1n) is 8.19. The molecule has 1 aliphatic carbocycles. The van der Waals surface area contributed by atoms with E-state index in [1.807, 2.05) is 10.7 Å². The first kappa shape index (κ1) is 16.1. The molecule has 4 nitrogen and oxygen atoms in total. The number of carbonyl (C=O) groups excluding carboxylic acids is 1. The molecule has 1 aromatic carbocycles. The van der Waals surface area contributed by atoms with Crippen LogP contribution in [-0.4, -0.2) is 21.4 Å². The van der Waals surface area contributed by atoms with Crippen molar-refractivity contribution in [2.45, 2.75) is 44.4 Å². The molecule has 122 valence electrons. The topological polar surface area (TPSA) is 46.9 Å². The minimum Gasteiger partial charge on any atom is -0.310 e. The molecule has 3 rings (SSSR count). The van der Waals surface area contributed by atoms with Crippen molar-refractivity contribution in [3.8, 4) is 0 Å². The number of hydrogen-bond acceptors (Lipinski definition) is 3. The Labute approximate surface area is 141 Å². The van der Waals surface area contributed by atoms with Gasteiger partial charge in [-0.05, 0) is 25.3 Å². The lowest BCUT2D eigenvalue weighted by molar-refractivity contribution is -0.113. The van der Waals surface area contributed by atoms with Gasteiger partial charge in [-0.25, -0.2) is 4.68 Å². The highest BCUT2D eigenvalue weighted by atomic mass is 32.2. The van der Waals surface area contributed by atoms with Gasteiger partial charge in [-0.1, -0.05) is 42.7 Å². The van der Waals surface area contributed by atoms with E-state index in [4.69, 9.17) is 0 Å². The molecule has 1 heterocycles. The zero-order chi connectivity index (χ0) is 16.1. The number of nitrogens with zero attached hydrogens (tertiary/aromatic N) is 2. The first-order chi connectivity index (χ1) is 11.2. The Balaban J connectivity index is 1.48. The fraction of sp³-hybridized carbons (Fsp3) is 0.444. The smallest absolute Gasteiger partial charge is 0.235 e. The molecule has 5 heteroatoms. The van der Waals surface area contributed by atoms with E-state index in [1.54, 1.807) is 18.0 Å². The van der Waals surface area contributed by atoms with Gasteiger partial charge >= 0.3 is 0 Å². The fourth-order valence-corrected chi connectivity index (χ4v) is 3.77. The van der Waals surface area contributed by atoms with Crippen LogP contribution in [0.3, 0.4) is 0 Å². The van der Waals surface area contributed by atoms with Crippen molar-refractivity contribution in [3.05, 3.63) is 47.7 Å². The SMILES string of the molecule is Cc1ccc(CSCC(=O)Nc2ccnn2C2CCCC2)cc1. The number of aryl methyl sites for hydroxylation is 1. The van der Waals surface area contributed by atoms with Crippen molar-refractivity contribution in [3.63, 3.8) is 0 Å². The number of rotatable bonds is 6. The largest absolute Gasteiger partial charge is 0.310 e. The summed E-state index contributed by atoms with van der Waals surface area (Å²) in [6.45, 7) is 2.08. The summed E-state index contributed by atoms with van der Waals surface area (Å²) in [5.41, 5.74) is 2.51. The lowest BCUT2D eigenvalue weighted by Crippen LogP contribution is -2.19. The lowest BCUT2D eigenvalue weighted by Gasteiger charge is -2.14. The summed E-state index contributed by atoms with van der Waals surface area (Å²) < 4.78 is 1.98. The van der Waals surface area contributed by atoms with Crippen molar-refractivity contribution >= 4 is 23.5 Å². The Morgan fingerprint density at radius 1 is 1.26 bits per heavy atom. The number of amides is 1. The second kappa shape index (κ2) is 7.68. The first-order valence-corrected chi connectivity index (χ1v) is 9.34. The van der Waals surface area contributed by atoms with E-state index >= 15 is 0 Å². The number of anilines is 1. The zero-order valence-electron chi connectivity index (χ0n) is 13.5. The minimum atomic E-state index is 0.0434. The summed E-state index contributed by atoms with van der Waals surface area (Å²) in [6, 6.07) is 10.8. The predicted molar refractivity (Wildman–Crippen MR) is 95.7 cm³/mol. The molecule has 0 unspecified atom stereocenters. The van der Waals surface area contributed by atoms with Crippen molar-refractivity contribution in [2.24, 2.45) is 0 Å². The molecule has 2 aromatic rings. The summed E-state index contributed by atoms with van der Waals surface area (Å²) >= 11 is 1.64. The fourth-order valence-electron chi connectivity index (χ4n) is 2.98. The molecule has 0 spiro atoms. The molecule has 1 aliphatic rings. The van der Waals surface area contributed by atoms with Gasteiger partial charge in [-0.15, -0.1) is 11.8 Å². The predicted octanol–water partition coefficient (Wildman–Crippen LogP) is 4.18. The number of nitrogens with one attached hydrogen (secondary N) is 1. The van der Waals surface area contributed by atoms with Crippen molar-refractivity contribution in [2.75, 3.05) is 11.1 Å². The standard InChI is InChI=1S/C18H23N3OS/c1-14-6-8-15(9-7-14)12-23-13-18(22)20-17-10-11-19-21(17)16-4-2-3-5-16/h6-11,16H,2-5,12-13H2,1H3,(H,20,22). The van der Waals surface area contributed by atoms with E-state index < -0.39 is 0 Å². The molecular formula is C18H23N3OS. The van der Waals surface area contributed by atoms with Gasteiger partial charge in [0.1, 0.15) is 5.82 Å². The van der Waals surface area contributed by atoms with Crippen LogP contribution in [0.5, 0.6) is 0 Å². The second-order valence-electron chi connectivity index (χ2n) is 6.13. The van der Waals surface area contributed by atoms with Crippen LogP contribution >= 0.6 is 11.8 Å². The van der Waals surface area contributed by atoms with E-state index in [2.05, 4.69) is 41.6 Å². The second-order valence-corrected chi connectivity index (χ2v) is 7.11. The highest BCUT2D eigenvalue weighted by Crippen LogP contribution is 2.31. The number of carbonyl (C=O) groups is 1. The van der Waals surface area contributed by atoms with E-state index in [1.165, 1.54) is 24.0 Å². The van der Waals surface area contributed by atoms with Gasteiger partial charge in [-0.2, -0.15) is 5.10 Å². The summed E-state index contributed by atoms with van der Waals surface area (Å²) in [5.74, 6) is 2.19. The maximum absolute atomic E-state index is 12.1. The number of aromatic nitrogens is 2. The number of benzene rings is 1. The maximum atomic E-state index is 12.1. The highest BCUT2D eigenvalue weighted by molar-refractivity contribution is 7.99. The van der Waals surface area contributed by atoms with E-state index in [-0.39, 0.29) is 5.91 Å². The van der Waals surface area contributed by atoms with Crippen molar-refractivity contribution in [1.29, 1.82) is 0 Å². The Hall–Kier alpha value is -1.75. The van der Waals surface area contributed by atoms with Gasteiger partial charge < -0.3 is 5.32 Å². The molecule has 0 saturated heterocycles. The molecule has 1 N–H and O–H groups in total. The lowest BCUT2D eigenvalue weighted by atomic mass is 10.2. The highest BCUT2D eigenvalue weighted by Gasteiger charge is 2.20. The Morgan fingerprint density at radius 2 is 2.00 bits per heavy atom. The molecule has 1 aromatic heterocycles. The van der Waals surface area contributed by atoms with Crippen LogP contribution in [0.15, 0.2) is 36.5 Å². The molecule has 0 bridgehead atoms. The van der Waals surface area contributed by atoms with Gasteiger partial charge in [0.25, 0.3) is 0 Å². The summed E-state index contributed by atoms with van der Waals surface area (Å²) in [6.07, 6.45) is 6.60. The van der Waals surface area contributed by atoms with Gasteiger partial charge in [0, 0.05) is 11.8 Å². The van der Waals surface area contributed by atoms with Crippen molar-refractivity contribution in [1.82, 2.24) is 9.78 Å². The van der Waals surface area contributed by atoms with Crippen LogP contribution < -0.4 is 5.32 Å². The molecule has 0 atom stereocenters. The van der Waals surface area contributed by atoms with Crippen LogP contribution in [-0.2, 0) is 10.5 Å². The summed E-state index contributed by atoms with van der Waals surface area (Å²) in [7, 11) is 0. The molecular weight excluding hydrogens is 306 g/mol. The van der Waals surface area contributed by atoms with Crippen LogP contribution in [0.25, 0.3) is 0 Å². The van der Waals surface area contributed by atoms with E-state index in [0.717, 1.165) is 24.4 Å². The monoisotopic (exact) mass is 329 g/mol. The normalized spacial score (nSPS) is 15.0. The number of thioether (sulfide) groups is 1. The minimum absolute atomic E-state index is 0.0434. The van der Waals surface area contributed by atoms with Crippen LogP contribution in [0.2, 0.25) is 0 Å². The zero-order valence-corrected chi connectivity index (χ0v) is 14.3. The van der Waals surface area contributed by atoms with Gasteiger partial charge in [0.05, 0.1) is 18.0 Å². The molecule has 23 heavy (non-hydrogen) atoms. The summed E-state index contributed by atoms with van der Waals surface area (Å²) in [5, 5.41) is 7.39. The van der Waals surface area contributed by atoms with Crippen molar-refractivity contribution < 1.29 is 4.79 Å². The average Bonchev–Trinajstić information content (AvgIpc) is 3.20. The van der Waals surface area contributed by atoms with Crippen LogP contribution in [0, 0.1) is 6.92 Å². The Bertz CT molecular complexity index is 645. The van der Waals surface area contributed by atoms with Crippen LogP contribution in [0.1, 0.15) is 42.9 Å². The van der Waals surface area contributed by atoms with Gasteiger partial charge in [0.2, 0.25) is 5.91 Å². The summed E-state index contributed by atoms with van der Waals surface area (Å²) in [4.78, 5) is 12.1. The van der Waals surface area contributed by atoms with Crippen LogP contribution in [0.4, 0.5) is 5.82 Å². The Morgan fingerprint density at radius 3 is 2.74 bits per heavy atom. The molecule has 1 saturated carbocycles. The van der Waals surface area contributed by atoms with E-state index in [9.17, 15) is 4.79 Å². The number of hydrogen-bond donors (Lipinski definition) is 1. The third-order valence-electron chi connectivity index (χ3n) is 4.23. The maximum Gasteiger partial charge on any atom is 0.235 e. The van der Waals surface area contributed by atoms with E-state index in [0.29, 0.717) is 11.8 Å². The molecule has 0 aliphatic heterocycles. The average molecular weight is 329 g/mol.